The molecule has 1 N–H and O–H groups in total. The molecule has 1 amide bonds. The fourth-order valence-corrected chi connectivity index (χ4v) is 3.44. The molecule has 0 spiro atoms. The maximum Gasteiger partial charge on any atom is 0.225 e. The number of amides is 1. The van der Waals surface area contributed by atoms with Crippen LogP contribution in [0.1, 0.15) is 25.3 Å². The van der Waals surface area contributed by atoms with E-state index in [-0.39, 0.29) is 11.7 Å². The molecule has 0 saturated carbocycles. The number of aromatic nitrogens is 2. The SMILES string of the molecule is CCC(=O)Nc1cc(-c2sc(CC)nc2-c2cccc(F)c2)ccn1. The number of halogens is 1. The first-order valence-corrected chi connectivity index (χ1v) is 8.94. The van der Waals surface area contributed by atoms with Gasteiger partial charge in [0.05, 0.1) is 15.6 Å². The molecule has 0 radical (unpaired) electrons. The van der Waals surface area contributed by atoms with Gasteiger partial charge in [0.1, 0.15) is 11.6 Å². The van der Waals surface area contributed by atoms with E-state index >= 15 is 0 Å². The van der Waals surface area contributed by atoms with Gasteiger partial charge in [-0.1, -0.05) is 26.0 Å². The molecule has 3 aromatic rings. The normalized spacial score (nSPS) is 10.7. The molecular weight excluding hydrogens is 337 g/mol. The second-order valence-electron chi connectivity index (χ2n) is 5.48. The van der Waals surface area contributed by atoms with Crippen molar-refractivity contribution >= 4 is 23.1 Å². The van der Waals surface area contributed by atoms with Crippen molar-refractivity contribution in [2.45, 2.75) is 26.7 Å². The Morgan fingerprint density at radius 1 is 1.20 bits per heavy atom. The van der Waals surface area contributed by atoms with Gasteiger partial charge in [-0.15, -0.1) is 11.3 Å². The van der Waals surface area contributed by atoms with Crippen molar-refractivity contribution in [2.75, 3.05) is 5.32 Å². The third-order valence-corrected chi connectivity index (χ3v) is 4.93. The summed E-state index contributed by atoms with van der Waals surface area (Å²) in [4.78, 5) is 21.4. The van der Waals surface area contributed by atoms with Crippen LogP contribution in [0.2, 0.25) is 0 Å². The van der Waals surface area contributed by atoms with Gasteiger partial charge < -0.3 is 5.32 Å². The van der Waals surface area contributed by atoms with Crippen LogP contribution in [0.5, 0.6) is 0 Å². The van der Waals surface area contributed by atoms with E-state index in [1.54, 1.807) is 30.5 Å². The van der Waals surface area contributed by atoms with Gasteiger partial charge in [0, 0.05) is 18.2 Å². The predicted molar refractivity (Wildman–Crippen MR) is 99.0 cm³/mol. The van der Waals surface area contributed by atoms with Crippen molar-refractivity contribution in [3.05, 3.63) is 53.4 Å². The van der Waals surface area contributed by atoms with E-state index < -0.39 is 0 Å². The third-order valence-electron chi connectivity index (χ3n) is 3.68. The fraction of sp³-hybridized carbons (Fsp3) is 0.211. The Kier molecular flexibility index (Phi) is 5.19. The van der Waals surface area contributed by atoms with Crippen molar-refractivity contribution in [1.82, 2.24) is 9.97 Å². The minimum Gasteiger partial charge on any atom is -0.311 e. The maximum absolute atomic E-state index is 13.6. The van der Waals surface area contributed by atoms with Gasteiger partial charge >= 0.3 is 0 Å². The van der Waals surface area contributed by atoms with Gasteiger partial charge in [-0.3, -0.25) is 4.79 Å². The van der Waals surface area contributed by atoms with Gasteiger partial charge in [0.25, 0.3) is 0 Å². The molecule has 2 heterocycles. The number of hydrogen-bond donors (Lipinski definition) is 1. The maximum atomic E-state index is 13.6. The summed E-state index contributed by atoms with van der Waals surface area (Å²) in [5.41, 5.74) is 2.39. The number of carbonyl (C=O) groups is 1. The number of aryl methyl sites for hydroxylation is 1. The van der Waals surface area contributed by atoms with Crippen LogP contribution < -0.4 is 5.32 Å². The molecule has 0 aliphatic heterocycles. The molecule has 0 atom stereocenters. The molecule has 3 rings (SSSR count). The van der Waals surface area contributed by atoms with Gasteiger partial charge in [0.2, 0.25) is 5.91 Å². The smallest absolute Gasteiger partial charge is 0.225 e. The first-order chi connectivity index (χ1) is 12.1. The third kappa shape index (κ3) is 3.91. The Hall–Kier alpha value is -2.60. The fourth-order valence-electron chi connectivity index (χ4n) is 2.41. The van der Waals surface area contributed by atoms with Crippen LogP contribution in [0.3, 0.4) is 0 Å². The van der Waals surface area contributed by atoms with Crippen molar-refractivity contribution in [2.24, 2.45) is 0 Å². The number of hydrogen-bond acceptors (Lipinski definition) is 4. The van der Waals surface area contributed by atoms with Gasteiger partial charge in [-0.25, -0.2) is 14.4 Å². The number of rotatable bonds is 5. The van der Waals surface area contributed by atoms with E-state index in [1.807, 2.05) is 25.1 Å². The molecule has 0 bridgehead atoms. The summed E-state index contributed by atoms with van der Waals surface area (Å²) >= 11 is 1.57. The summed E-state index contributed by atoms with van der Waals surface area (Å²) in [5, 5.41) is 3.74. The van der Waals surface area contributed by atoms with Crippen LogP contribution in [-0.4, -0.2) is 15.9 Å². The molecule has 2 aromatic heterocycles. The van der Waals surface area contributed by atoms with E-state index in [2.05, 4.69) is 15.3 Å². The lowest BCUT2D eigenvalue weighted by Crippen LogP contribution is -2.10. The zero-order valence-electron chi connectivity index (χ0n) is 14.0. The number of nitrogens with zero attached hydrogens (tertiary/aromatic N) is 2. The minimum atomic E-state index is -0.292. The molecule has 4 nitrogen and oxygen atoms in total. The average molecular weight is 355 g/mol. The van der Waals surface area contributed by atoms with Crippen LogP contribution in [0.4, 0.5) is 10.2 Å². The largest absolute Gasteiger partial charge is 0.311 e. The van der Waals surface area contributed by atoms with Crippen molar-refractivity contribution < 1.29 is 9.18 Å². The molecule has 1 aromatic carbocycles. The van der Waals surface area contributed by atoms with Gasteiger partial charge in [-0.05, 0) is 36.2 Å². The Labute approximate surface area is 149 Å². The first-order valence-electron chi connectivity index (χ1n) is 8.12. The highest BCUT2D eigenvalue weighted by Crippen LogP contribution is 2.37. The van der Waals surface area contributed by atoms with E-state index in [4.69, 9.17) is 0 Å². The summed E-state index contributed by atoms with van der Waals surface area (Å²) in [6, 6.07) is 10.1. The number of carbonyl (C=O) groups excluding carboxylic acids is 1. The van der Waals surface area contributed by atoms with Crippen LogP contribution in [0, 0.1) is 5.82 Å². The van der Waals surface area contributed by atoms with E-state index in [0.717, 1.165) is 33.1 Å². The Balaban J connectivity index is 2.06. The predicted octanol–water partition coefficient (Wildman–Crippen LogP) is 4.92. The molecular formula is C19H18FN3OS. The van der Waals surface area contributed by atoms with Crippen LogP contribution >= 0.6 is 11.3 Å². The second-order valence-corrected chi connectivity index (χ2v) is 6.56. The highest BCUT2D eigenvalue weighted by molar-refractivity contribution is 7.15. The second kappa shape index (κ2) is 7.53. The van der Waals surface area contributed by atoms with E-state index in [1.165, 1.54) is 12.1 Å². The van der Waals surface area contributed by atoms with Crippen LogP contribution in [-0.2, 0) is 11.2 Å². The van der Waals surface area contributed by atoms with Crippen molar-refractivity contribution in [1.29, 1.82) is 0 Å². The first kappa shape index (κ1) is 17.2. The molecule has 6 heteroatoms. The topological polar surface area (TPSA) is 54.9 Å². The Morgan fingerprint density at radius 3 is 2.76 bits per heavy atom. The van der Waals surface area contributed by atoms with Gasteiger partial charge in [-0.2, -0.15) is 0 Å². The lowest BCUT2D eigenvalue weighted by Gasteiger charge is -2.06. The van der Waals surface area contributed by atoms with Crippen LogP contribution in [0.15, 0.2) is 42.6 Å². The summed E-state index contributed by atoms with van der Waals surface area (Å²) in [5.74, 6) is 0.120. The molecule has 0 fully saturated rings. The summed E-state index contributed by atoms with van der Waals surface area (Å²) in [6.45, 7) is 3.83. The number of nitrogens with one attached hydrogen (secondary N) is 1. The molecule has 25 heavy (non-hydrogen) atoms. The molecule has 0 saturated heterocycles. The Morgan fingerprint density at radius 2 is 2.04 bits per heavy atom. The monoisotopic (exact) mass is 355 g/mol. The average Bonchev–Trinajstić information content (AvgIpc) is 3.06. The number of pyridine rings is 1. The lowest BCUT2D eigenvalue weighted by atomic mass is 10.1. The molecule has 0 aliphatic carbocycles. The number of anilines is 1. The standard InChI is InChI=1S/C19H18FN3OS/c1-3-16(24)22-15-11-13(8-9-21-15)19-18(23-17(4-2)25-19)12-6-5-7-14(20)10-12/h5-11H,3-4H2,1-2H3,(H,21,22,24). The summed E-state index contributed by atoms with van der Waals surface area (Å²) in [7, 11) is 0. The van der Waals surface area contributed by atoms with E-state index in [0.29, 0.717) is 12.2 Å². The lowest BCUT2D eigenvalue weighted by molar-refractivity contribution is -0.115. The molecule has 0 unspecified atom stereocenters. The molecule has 128 valence electrons. The zero-order valence-corrected chi connectivity index (χ0v) is 14.9. The quantitative estimate of drug-likeness (QED) is 0.706. The van der Waals surface area contributed by atoms with Crippen LogP contribution in [0.25, 0.3) is 21.7 Å². The minimum absolute atomic E-state index is 0.0893. The van der Waals surface area contributed by atoms with Gasteiger partial charge in [0.15, 0.2) is 0 Å². The Bertz CT molecular complexity index is 907. The van der Waals surface area contributed by atoms with Crippen molar-refractivity contribution in [3.63, 3.8) is 0 Å². The highest BCUT2D eigenvalue weighted by Gasteiger charge is 2.15. The number of thiazole rings is 1. The summed E-state index contributed by atoms with van der Waals surface area (Å²) in [6.07, 6.45) is 2.85. The highest BCUT2D eigenvalue weighted by atomic mass is 32.1. The van der Waals surface area contributed by atoms with Crippen molar-refractivity contribution in [3.8, 4) is 21.7 Å². The number of benzene rings is 1. The molecule has 0 aliphatic rings. The zero-order chi connectivity index (χ0) is 17.8. The van der Waals surface area contributed by atoms with E-state index in [9.17, 15) is 9.18 Å². The summed E-state index contributed by atoms with van der Waals surface area (Å²) < 4.78 is 13.6.